The molecule has 3 rings (SSSR count). The topological polar surface area (TPSA) is 52.1 Å². The van der Waals surface area contributed by atoms with Gasteiger partial charge in [-0.15, -0.1) is 24.0 Å². The van der Waals surface area contributed by atoms with Gasteiger partial charge in [-0.1, -0.05) is 0 Å². The SMILES string of the molecule is CCNC(=NCC1CCN(C2CC2)C1)NCCCN1CCOCC1.I. The summed E-state index contributed by atoms with van der Waals surface area (Å²) in [7, 11) is 0. The van der Waals surface area contributed by atoms with Gasteiger partial charge in [-0.05, 0) is 51.6 Å². The summed E-state index contributed by atoms with van der Waals surface area (Å²) in [5.41, 5.74) is 0. The summed E-state index contributed by atoms with van der Waals surface area (Å²) in [5, 5.41) is 6.88. The summed E-state index contributed by atoms with van der Waals surface area (Å²) in [4.78, 5) is 9.98. The van der Waals surface area contributed by atoms with Gasteiger partial charge < -0.3 is 20.3 Å². The maximum Gasteiger partial charge on any atom is 0.191 e. The molecule has 146 valence electrons. The van der Waals surface area contributed by atoms with Gasteiger partial charge in [0.05, 0.1) is 13.2 Å². The molecule has 0 radical (unpaired) electrons. The van der Waals surface area contributed by atoms with Crippen molar-refractivity contribution < 1.29 is 4.74 Å². The van der Waals surface area contributed by atoms with Gasteiger partial charge in [0.1, 0.15) is 0 Å². The summed E-state index contributed by atoms with van der Waals surface area (Å²) < 4.78 is 5.39. The molecular weight excluding hydrogens is 429 g/mol. The average Bonchev–Trinajstić information content (AvgIpc) is 3.36. The van der Waals surface area contributed by atoms with Crippen LogP contribution < -0.4 is 10.6 Å². The predicted molar refractivity (Wildman–Crippen MR) is 114 cm³/mol. The molecule has 0 aromatic rings. The number of guanidine groups is 1. The van der Waals surface area contributed by atoms with E-state index in [0.717, 1.165) is 76.8 Å². The molecule has 7 heteroatoms. The van der Waals surface area contributed by atoms with Gasteiger partial charge in [0.15, 0.2) is 5.96 Å². The normalized spacial score (nSPS) is 25.6. The first kappa shape index (κ1) is 21.2. The number of nitrogens with zero attached hydrogens (tertiary/aromatic N) is 3. The van der Waals surface area contributed by atoms with Crippen molar-refractivity contribution in [3.63, 3.8) is 0 Å². The Morgan fingerprint density at radius 1 is 1.12 bits per heavy atom. The first-order valence-corrected chi connectivity index (χ1v) is 9.91. The predicted octanol–water partition coefficient (Wildman–Crippen LogP) is 1.37. The van der Waals surface area contributed by atoms with E-state index in [9.17, 15) is 0 Å². The second kappa shape index (κ2) is 11.6. The third kappa shape index (κ3) is 7.56. The highest BCUT2D eigenvalue weighted by Crippen LogP contribution is 2.31. The zero-order valence-corrected chi connectivity index (χ0v) is 18.0. The minimum Gasteiger partial charge on any atom is -0.379 e. The van der Waals surface area contributed by atoms with Gasteiger partial charge in [0.2, 0.25) is 0 Å². The van der Waals surface area contributed by atoms with Crippen molar-refractivity contribution in [3.8, 4) is 0 Å². The third-order valence-electron chi connectivity index (χ3n) is 5.28. The maximum absolute atomic E-state index is 5.39. The van der Waals surface area contributed by atoms with Crippen LogP contribution in [0.3, 0.4) is 0 Å². The number of hydrogen-bond acceptors (Lipinski definition) is 4. The van der Waals surface area contributed by atoms with Crippen molar-refractivity contribution >= 4 is 29.9 Å². The van der Waals surface area contributed by atoms with E-state index in [-0.39, 0.29) is 24.0 Å². The van der Waals surface area contributed by atoms with E-state index in [1.807, 2.05) is 0 Å². The van der Waals surface area contributed by atoms with Gasteiger partial charge >= 0.3 is 0 Å². The zero-order chi connectivity index (χ0) is 16.6. The van der Waals surface area contributed by atoms with E-state index >= 15 is 0 Å². The summed E-state index contributed by atoms with van der Waals surface area (Å²) in [6.07, 6.45) is 5.31. The number of rotatable bonds is 8. The Morgan fingerprint density at radius 2 is 1.92 bits per heavy atom. The minimum absolute atomic E-state index is 0. The first-order valence-electron chi connectivity index (χ1n) is 9.91. The number of hydrogen-bond donors (Lipinski definition) is 2. The highest BCUT2D eigenvalue weighted by molar-refractivity contribution is 14.0. The molecule has 3 aliphatic rings. The van der Waals surface area contributed by atoms with Crippen molar-refractivity contribution in [1.29, 1.82) is 0 Å². The fourth-order valence-corrected chi connectivity index (χ4v) is 3.68. The van der Waals surface area contributed by atoms with Crippen LogP contribution in [0.1, 0.15) is 32.6 Å². The molecule has 2 saturated heterocycles. The van der Waals surface area contributed by atoms with E-state index in [0.29, 0.717) is 0 Å². The number of aliphatic imine (C=N–C) groups is 1. The lowest BCUT2D eigenvalue weighted by atomic mass is 10.1. The van der Waals surface area contributed by atoms with Gasteiger partial charge in [-0.25, -0.2) is 0 Å². The van der Waals surface area contributed by atoms with Gasteiger partial charge in [0, 0.05) is 45.3 Å². The largest absolute Gasteiger partial charge is 0.379 e. The van der Waals surface area contributed by atoms with E-state index < -0.39 is 0 Å². The Morgan fingerprint density at radius 3 is 2.64 bits per heavy atom. The van der Waals surface area contributed by atoms with Crippen molar-refractivity contribution in [2.45, 2.75) is 38.6 Å². The van der Waals surface area contributed by atoms with Crippen LogP contribution in [0.2, 0.25) is 0 Å². The van der Waals surface area contributed by atoms with Gasteiger partial charge in [-0.2, -0.15) is 0 Å². The van der Waals surface area contributed by atoms with Crippen LogP contribution in [0.4, 0.5) is 0 Å². The molecule has 1 unspecified atom stereocenters. The molecule has 3 fully saturated rings. The fourth-order valence-electron chi connectivity index (χ4n) is 3.68. The van der Waals surface area contributed by atoms with E-state index in [1.165, 1.54) is 32.4 Å². The number of halogens is 1. The summed E-state index contributed by atoms with van der Waals surface area (Å²) in [5.74, 6) is 1.73. The Balaban J connectivity index is 0.00000225. The summed E-state index contributed by atoms with van der Waals surface area (Å²) >= 11 is 0. The van der Waals surface area contributed by atoms with Crippen LogP contribution in [0.25, 0.3) is 0 Å². The molecule has 1 saturated carbocycles. The van der Waals surface area contributed by atoms with Crippen molar-refractivity contribution in [3.05, 3.63) is 0 Å². The van der Waals surface area contributed by atoms with E-state index in [4.69, 9.17) is 9.73 Å². The van der Waals surface area contributed by atoms with Crippen LogP contribution in [-0.2, 0) is 4.74 Å². The fraction of sp³-hybridized carbons (Fsp3) is 0.944. The Hall–Kier alpha value is -0.120. The monoisotopic (exact) mass is 465 g/mol. The van der Waals surface area contributed by atoms with Crippen molar-refractivity contribution in [2.24, 2.45) is 10.9 Å². The average molecular weight is 465 g/mol. The molecule has 6 nitrogen and oxygen atoms in total. The lowest BCUT2D eigenvalue weighted by Gasteiger charge is -2.26. The van der Waals surface area contributed by atoms with Crippen LogP contribution >= 0.6 is 24.0 Å². The molecule has 0 bridgehead atoms. The molecule has 2 N–H and O–H groups in total. The Kier molecular flexibility index (Phi) is 9.80. The second-order valence-corrected chi connectivity index (χ2v) is 7.33. The van der Waals surface area contributed by atoms with Crippen LogP contribution in [0, 0.1) is 5.92 Å². The van der Waals surface area contributed by atoms with Gasteiger partial charge in [0.25, 0.3) is 0 Å². The molecule has 0 amide bonds. The minimum atomic E-state index is 0. The van der Waals surface area contributed by atoms with Crippen molar-refractivity contribution in [2.75, 3.05) is 65.6 Å². The molecule has 0 spiro atoms. The van der Waals surface area contributed by atoms with Crippen molar-refractivity contribution in [1.82, 2.24) is 20.4 Å². The van der Waals surface area contributed by atoms with E-state index in [1.54, 1.807) is 0 Å². The molecule has 0 aromatic carbocycles. The van der Waals surface area contributed by atoms with Crippen LogP contribution in [0.15, 0.2) is 4.99 Å². The third-order valence-corrected chi connectivity index (χ3v) is 5.28. The lowest BCUT2D eigenvalue weighted by molar-refractivity contribution is 0.0376. The number of nitrogens with one attached hydrogen (secondary N) is 2. The Labute approximate surface area is 170 Å². The second-order valence-electron chi connectivity index (χ2n) is 7.33. The summed E-state index contributed by atoms with van der Waals surface area (Å²) in [6, 6.07) is 0.908. The molecule has 2 aliphatic heterocycles. The first-order chi connectivity index (χ1) is 11.8. The van der Waals surface area contributed by atoms with E-state index in [2.05, 4.69) is 27.4 Å². The molecule has 1 aliphatic carbocycles. The smallest absolute Gasteiger partial charge is 0.191 e. The molecule has 25 heavy (non-hydrogen) atoms. The zero-order valence-electron chi connectivity index (χ0n) is 15.7. The number of ether oxygens (including phenoxy) is 1. The molecule has 2 heterocycles. The highest BCUT2D eigenvalue weighted by atomic mass is 127. The molecule has 1 atom stereocenters. The van der Waals surface area contributed by atoms with Crippen LogP contribution in [0.5, 0.6) is 0 Å². The molecular formula is C18H36IN5O. The standard InChI is InChI=1S/C18H35N5O.HI/c1-2-19-18(20-7-3-8-22-10-12-24-13-11-22)21-14-16-6-9-23(15-16)17-4-5-17;/h16-17H,2-15H2,1H3,(H2,19,20,21);1H. The Bertz CT molecular complexity index is 399. The highest BCUT2D eigenvalue weighted by Gasteiger charge is 2.34. The number of morpholine rings is 1. The van der Waals surface area contributed by atoms with Crippen LogP contribution in [-0.4, -0.2) is 87.4 Å². The maximum atomic E-state index is 5.39. The van der Waals surface area contributed by atoms with Gasteiger partial charge in [-0.3, -0.25) is 9.89 Å². The molecule has 0 aromatic heterocycles. The summed E-state index contributed by atoms with van der Waals surface area (Å²) in [6.45, 7) is 12.6. The quantitative estimate of drug-likeness (QED) is 0.246. The number of likely N-dealkylation sites (tertiary alicyclic amines) is 1. The lowest BCUT2D eigenvalue weighted by Crippen LogP contribution is -2.41.